The predicted octanol–water partition coefficient (Wildman–Crippen LogP) is 1.32. The van der Waals surface area contributed by atoms with Gasteiger partial charge < -0.3 is 5.73 Å². The molecule has 2 N–H and O–H groups in total. The second kappa shape index (κ2) is 5.61. The van der Waals surface area contributed by atoms with Gasteiger partial charge in [0.05, 0.1) is 6.42 Å². The van der Waals surface area contributed by atoms with Gasteiger partial charge in [-0.25, -0.2) is 9.67 Å². The molecule has 18 heavy (non-hydrogen) atoms. The van der Waals surface area contributed by atoms with Crippen LogP contribution in [0.2, 0.25) is 0 Å². The molecule has 1 saturated carbocycles. The topological polar surface area (TPSA) is 73.8 Å². The van der Waals surface area contributed by atoms with Gasteiger partial charge in [0.25, 0.3) is 0 Å². The summed E-state index contributed by atoms with van der Waals surface area (Å²) in [7, 11) is 0. The van der Waals surface area contributed by atoms with Gasteiger partial charge in [0, 0.05) is 13.0 Å². The molecule has 5 nitrogen and oxygen atoms in total. The Bertz CT molecular complexity index is 403. The fourth-order valence-corrected chi connectivity index (χ4v) is 2.61. The van der Waals surface area contributed by atoms with Gasteiger partial charge in [0.15, 0.2) is 0 Å². The van der Waals surface area contributed by atoms with E-state index in [0.29, 0.717) is 19.4 Å². The van der Waals surface area contributed by atoms with Crippen LogP contribution in [0.25, 0.3) is 0 Å². The summed E-state index contributed by atoms with van der Waals surface area (Å²) in [6, 6.07) is 0. The zero-order valence-electron chi connectivity index (χ0n) is 11.1. The van der Waals surface area contributed by atoms with E-state index >= 15 is 0 Å². The van der Waals surface area contributed by atoms with Crippen LogP contribution >= 0.6 is 0 Å². The minimum atomic E-state index is 0.0900. The molecule has 1 aliphatic rings. The van der Waals surface area contributed by atoms with Crippen molar-refractivity contribution in [3.63, 3.8) is 0 Å². The first kappa shape index (κ1) is 13.2. The van der Waals surface area contributed by atoms with Crippen LogP contribution in [-0.4, -0.2) is 27.1 Å². The molecule has 1 fully saturated rings. The van der Waals surface area contributed by atoms with Gasteiger partial charge in [-0.1, -0.05) is 13.3 Å². The monoisotopic (exact) mass is 250 g/mol. The zero-order valence-corrected chi connectivity index (χ0v) is 11.1. The van der Waals surface area contributed by atoms with Crippen molar-refractivity contribution in [2.75, 3.05) is 6.54 Å². The molecule has 1 aromatic heterocycles. The third kappa shape index (κ3) is 2.77. The van der Waals surface area contributed by atoms with Crippen LogP contribution in [0.1, 0.15) is 44.9 Å². The lowest BCUT2D eigenvalue weighted by molar-refractivity contribution is -0.122. The molecule has 100 valence electrons. The average molecular weight is 250 g/mol. The Morgan fingerprint density at radius 2 is 2.33 bits per heavy atom. The number of hydrogen-bond donors (Lipinski definition) is 1. The molecule has 2 rings (SSSR count). The van der Waals surface area contributed by atoms with Crippen LogP contribution in [0.15, 0.2) is 6.33 Å². The summed E-state index contributed by atoms with van der Waals surface area (Å²) in [6.07, 6.45) is 6.91. The Kier molecular flexibility index (Phi) is 4.11. The second-order valence-corrected chi connectivity index (χ2v) is 5.35. The third-order valence-corrected chi connectivity index (χ3v) is 3.91. The Hall–Kier alpha value is -1.23. The Balaban J connectivity index is 1.92. The highest BCUT2D eigenvalue weighted by Crippen LogP contribution is 2.43. The molecule has 0 unspecified atom stereocenters. The predicted molar refractivity (Wildman–Crippen MR) is 69.0 cm³/mol. The Morgan fingerprint density at radius 1 is 1.56 bits per heavy atom. The van der Waals surface area contributed by atoms with Gasteiger partial charge in [0.2, 0.25) is 0 Å². The fraction of sp³-hybridized carbons (Fsp3) is 0.769. The summed E-state index contributed by atoms with van der Waals surface area (Å²) < 4.78 is 1.83. The minimum Gasteiger partial charge on any atom is -0.330 e. The molecule has 0 atom stereocenters. The van der Waals surface area contributed by atoms with Crippen molar-refractivity contribution in [2.24, 2.45) is 11.1 Å². The third-order valence-electron chi connectivity index (χ3n) is 3.91. The maximum atomic E-state index is 12.1. The highest BCUT2D eigenvalue weighted by molar-refractivity contribution is 5.81. The van der Waals surface area contributed by atoms with Crippen molar-refractivity contribution in [1.29, 1.82) is 0 Å². The van der Waals surface area contributed by atoms with E-state index in [2.05, 4.69) is 17.0 Å². The minimum absolute atomic E-state index is 0.0900. The van der Waals surface area contributed by atoms with Gasteiger partial charge in [0.1, 0.15) is 17.9 Å². The number of nitrogens with zero attached hydrogens (tertiary/aromatic N) is 3. The summed E-state index contributed by atoms with van der Waals surface area (Å²) in [4.78, 5) is 16.3. The van der Waals surface area contributed by atoms with Gasteiger partial charge >= 0.3 is 0 Å². The molecule has 0 saturated heterocycles. The van der Waals surface area contributed by atoms with Gasteiger partial charge in [-0.3, -0.25) is 4.79 Å². The normalized spacial score (nSPS) is 17.4. The molecule has 1 heterocycles. The van der Waals surface area contributed by atoms with Crippen LogP contribution in [0, 0.1) is 5.41 Å². The summed E-state index contributed by atoms with van der Waals surface area (Å²) >= 11 is 0. The lowest BCUT2D eigenvalue weighted by atomic mass is 9.66. The second-order valence-electron chi connectivity index (χ2n) is 5.35. The maximum absolute atomic E-state index is 12.1. The van der Waals surface area contributed by atoms with Gasteiger partial charge in [-0.2, -0.15) is 5.10 Å². The van der Waals surface area contributed by atoms with Crippen LogP contribution in [0.4, 0.5) is 0 Å². The number of ketones is 1. The van der Waals surface area contributed by atoms with E-state index in [1.807, 2.05) is 4.68 Å². The zero-order chi connectivity index (χ0) is 13.0. The number of aromatic nitrogens is 3. The van der Waals surface area contributed by atoms with E-state index in [-0.39, 0.29) is 11.2 Å². The van der Waals surface area contributed by atoms with E-state index in [9.17, 15) is 4.79 Å². The number of nitrogens with two attached hydrogens (primary N) is 1. The van der Waals surface area contributed by atoms with Crippen LogP contribution in [0.3, 0.4) is 0 Å². The quantitative estimate of drug-likeness (QED) is 0.792. The van der Waals surface area contributed by atoms with Crippen molar-refractivity contribution in [3.05, 3.63) is 12.2 Å². The first-order valence-corrected chi connectivity index (χ1v) is 6.77. The Labute approximate surface area is 108 Å². The lowest BCUT2D eigenvalue weighted by Gasteiger charge is -2.40. The average Bonchev–Trinajstić information content (AvgIpc) is 2.72. The molecule has 5 heteroatoms. The smallest absolute Gasteiger partial charge is 0.141 e. The SMILES string of the molecule is CCCn1ncnc1CC(=O)CC1(CN)CCC1. The summed E-state index contributed by atoms with van der Waals surface area (Å²) in [5, 5.41) is 4.14. The van der Waals surface area contributed by atoms with Crippen LogP contribution in [-0.2, 0) is 17.8 Å². The number of Topliss-reactive ketones (excluding diaryl/α,β-unsaturated/α-hetero) is 1. The van der Waals surface area contributed by atoms with E-state index in [1.165, 1.54) is 12.7 Å². The van der Waals surface area contributed by atoms with Crippen molar-refractivity contribution < 1.29 is 4.79 Å². The lowest BCUT2D eigenvalue weighted by Crippen LogP contribution is -2.39. The highest BCUT2D eigenvalue weighted by atomic mass is 16.1. The van der Waals surface area contributed by atoms with Crippen molar-refractivity contribution in [2.45, 2.75) is 52.0 Å². The number of aryl methyl sites for hydroxylation is 1. The molecule has 1 aliphatic carbocycles. The molecule has 0 aromatic carbocycles. The first-order chi connectivity index (χ1) is 8.69. The number of rotatable bonds is 7. The number of carbonyl (C=O) groups excluding carboxylic acids is 1. The first-order valence-electron chi connectivity index (χ1n) is 6.77. The fourth-order valence-electron chi connectivity index (χ4n) is 2.61. The largest absolute Gasteiger partial charge is 0.330 e. The molecular weight excluding hydrogens is 228 g/mol. The number of carbonyl (C=O) groups is 1. The molecule has 0 spiro atoms. The van der Waals surface area contributed by atoms with Gasteiger partial charge in [-0.15, -0.1) is 0 Å². The van der Waals surface area contributed by atoms with Crippen molar-refractivity contribution in [3.8, 4) is 0 Å². The van der Waals surface area contributed by atoms with Crippen molar-refractivity contribution in [1.82, 2.24) is 14.8 Å². The molecule has 0 aliphatic heterocycles. The summed E-state index contributed by atoms with van der Waals surface area (Å²) in [5.74, 6) is 1.03. The highest BCUT2D eigenvalue weighted by Gasteiger charge is 2.37. The van der Waals surface area contributed by atoms with Crippen LogP contribution in [0.5, 0.6) is 0 Å². The van der Waals surface area contributed by atoms with E-state index in [4.69, 9.17) is 5.73 Å². The standard InChI is InChI=1S/C13H22N4O/c1-2-6-17-12(15-10-16-17)7-11(18)8-13(9-14)4-3-5-13/h10H,2-9,14H2,1H3. The van der Waals surface area contributed by atoms with Crippen LogP contribution < -0.4 is 5.73 Å². The molecule has 0 amide bonds. The van der Waals surface area contributed by atoms with Gasteiger partial charge in [-0.05, 0) is 31.2 Å². The summed E-state index contributed by atoms with van der Waals surface area (Å²) in [5.41, 5.74) is 5.87. The van der Waals surface area contributed by atoms with E-state index in [0.717, 1.165) is 31.6 Å². The molecule has 0 bridgehead atoms. The molecule has 0 radical (unpaired) electrons. The maximum Gasteiger partial charge on any atom is 0.141 e. The Morgan fingerprint density at radius 3 is 2.89 bits per heavy atom. The molecular formula is C13H22N4O. The number of hydrogen-bond acceptors (Lipinski definition) is 4. The van der Waals surface area contributed by atoms with E-state index < -0.39 is 0 Å². The van der Waals surface area contributed by atoms with E-state index in [1.54, 1.807) is 0 Å². The molecule has 1 aromatic rings. The summed E-state index contributed by atoms with van der Waals surface area (Å²) in [6.45, 7) is 3.54. The van der Waals surface area contributed by atoms with Crippen molar-refractivity contribution >= 4 is 5.78 Å².